The number of rotatable bonds is 8. The molecule has 7 heteroatoms. The molecule has 1 aromatic heterocycles. The molecule has 3 rings (SSSR count). The van der Waals surface area contributed by atoms with Gasteiger partial charge in [-0.3, -0.25) is 0 Å². The van der Waals surface area contributed by atoms with E-state index in [1.807, 2.05) is 24.3 Å². The highest BCUT2D eigenvalue weighted by Crippen LogP contribution is 2.23. The van der Waals surface area contributed by atoms with Crippen molar-refractivity contribution in [1.82, 2.24) is 14.9 Å². The Balaban J connectivity index is 1.79. The summed E-state index contributed by atoms with van der Waals surface area (Å²) in [7, 11) is 3.79. The number of anilines is 1. The summed E-state index contributed by atoms with van der Waals surface area (Å²) in [4.78, 5) is 23.7. The standard InChI is InChI=1S/C21H28N4O3/c1-4-28-21(26)18-14-23-19(15-7-9-17(27-3)10-8-15)24-20(18)22-12-11-16-6-5-13-25(16)2/h7-10,14,16H,4-6,11-13H2,1-3H3,(H,22,23,24). The maximum atomic E-state index is 12.3. The Morgan fingerprint density at radius 1 is 1.32 bits per heavy atom. The second-order valence-corrected chi connectivity index (χ2v) is 6.90. The van der Waals surface area contributed by atoms with Gasteiger partial charge in [0.2, 0.25) is 0 Å². The zero-order chi connectivity index (χ0) is 19.9. The van der Waals surface area contributed by atoms with Gasteiger partial charge in [-0.1, -0.05) is 0 Å². The molecular formula is C21H28N4O3. The van der Waals surface area contributed by atoms with Crippen LogP contribution < -0.4 is 10.1 Å². The van der Waals surface area contributed by atoms with Crippen molar-refractivity contribution in [3.63, 3.8) is 0 Å². The van der Waals surface area contributed by atoms with E-state index in [4.69, 9.17) is 9.47 Å². The van der Waals surface area contributed by atoms with E-state index < -0.39 is 5.97 Å². The predicted molar refractivity (Wildman–Crippen MR) is 109 cm³/mol. The van der Waals surface area contributed by atoms with Crippen LogP contribution in [-0.4, -0.2) is 60.7 Å². The number of carbonyl (C=O) groups is 1. The van der Waals surface area contributed by atoms with Crippen LogP contribution in [0.15, 0.2) is 30.5 Å². The van der Waals surface area contributed by atoms with E-state index in [1.165, 1.54) is 19.0 Å². The number of likely N-dealkylation sites (tertiary alicyclic amines) is 1. The number of aromatic nitrogens is 2. The molecule has 28 heavy (non-hydrogen) atoms. The van der Waals surface area contributed by atoms with E-state index in [1.54, 1.807) is 14.0 Å². The topological polar surface area (TPSA) is 76.6 Å². The molecule has 1 aliphatic rings. The Morgan fingerprint density at radius 3 is 2.75 bits per heavy atom. The van der Waals surface area contributed by atoms with Gasteiger partial charge in [0.25, 0.3) is 0 Å². The monoisotopic (exact) mass is 384 g/mol. The summed E-state index contributed by atoms with van der Waals surface area (Å²) in [5.41, 5.74) is 1.22. The van der Waals surface area contributed by atoms with Gasteiger partial charge in [-0.05, 0) is 64.0 Å². The molecule has 0 amide bonds. The van der Waals surface area contributed by atoms with Gasteiger partial charge in [-0.25, -0.2) is 14.8 Å². The van der Waals surface area contributed by atoms with Gasteiger partial charge in [0.1, 0.15) is 17.1 Å². The SMILES string of the molecule is CCOC(=O)c1cnc(-c2ccc(OC)cc2)nc1NCCC1CCCN1C. The lowest BCUT2D eigenvalue weighted by molar-refractivity contribution is 0.0526. The molecule has 2 aromatic rings. The molecule has 0 radical (unpaired) electrons. The smallest absolute Gasteiger partial charge is 0.343 e. The van der Waals surface area contributed by atoms with Crippen molar-refractivity contribution in [3.05, 3.63) is 36.0 Å². The van der Waals surface area contributed by atoms with Gasteiger partial charge in [0.05, 0.1) is 13.7 Å². The Labute approximate surface area is 166 Å². The van der Waals surface area contributed by atoms with Gasteiger partial charge < -0.3 is 19.7 Å². The fourth-order valence-electron chi connectivity index (χ4n) is 3.46. The molecule has 0 aliphatic carbocycles. The van der Waals surface area contributed by atoms with Gasteiger partial charge in [0, 0.05) is 24.3 Å². The Kier molecular flexibility index (Phi) is 6.81. The highest BCUT2D eigenvalue weighted by atomic mass is 16.5. The third-order valence-corrected chi connectivity index (χ3v) is 5.07. The number of hydrogen-bond donors (Lipinski definition) is 1. The number of methoxy groups -OCH3 is 1. The third kappa shape index (κ3) is 4.78. The zero-order valence-electron chi connectivity index (χ0n) is 16.8. The summed E-state index contributed by atoms with van der Waals surface area (Å²) in [5, 5.41) is 3.33. The van der Waals surface area contributed by atoms with E-state index in [2.05, 4.69) is 27.2 Å². The molecule has 1 unspecified atom stereocenters. The molecule has 1 N–H and O–H groups in total. The highest BCUT2D eigenvalue weighted by Gasteiger charge is 2.21. The maximum absolute atomic E-state index is 12.3. The number of hydrogen-bond acceptors (Lipinski definition) is 7. The van der Waals surface area contributed by atoms with Crippen molar-refractivity contribution in [2.24, 2.45) is 0 Å². The fraction of sp³-hybridized carbons (Fsp3) is 0.476. The minimum atomic E-state index is -0.413. The molecule has 0 saturated carbocycles. The number of nitrogens with zero attached hydrogens (tertiary/aromatic N) is 3. The second-order valence-electron chi connectivity index (χ2n) is 6.90. The summed E-state index contributed by atoms with van der Waals surface area (Å²) in [6.07, 6.45) is 4.99. The van der Waals surface area contributed by atoms with Crippen molar-refractivity contribution in [3.8, 4) is 17.1 Å². The quantitative estimate of drug-likeness (QED) is 0.700. The van der Waals surface area contributed by atoms with Gasteiger partial charge in [0.15, 0.2) is 5.82 Å². The van der Waals surface area contributed by atoms with Crippen molar-refractivity contribution in [1.29, 1.82) is 0 Å². The third-order valence-electron chi connectivity index (χ3n) is 5.07. The number of ether oxygens (including phenoxy) is 2. The molecule has 7 nitrogen and oxygen atoms in total. The average Bonchev–Trinajstić information content (AvgIpc) is 3.13. The molecule has 1 saturated heterocycles. The minimum Gasteiger partial charge on any atom is -0.497 e. The molecule has 0 bridgehead atoms. The molecule has 1 fully saturated rings. The summed E-state index contributed by atoms with van der Waals surface area (Å²) < 4.78 is 10.4. The number of carbonyl (C=O) groups excluding carboxylic acids is 1. The first-order valence-electron chi connectivity index (χ1n) is 9.75. The second kappa shape index (κ2) is 9.50. The van der Waals surface area contributed by atoms with Crippen LogP contribution in [-0.2, 0) is 4.74 Å². The van der Waals surface area contributed by atoms with Gasteiger partial charge in [-0.2, -0.15) is 0 Å². The van der Waals surface area contributed by atoms with Crippen LogP contribution in [0.3, 0.4) is 0 Å². The lowest BCUT2D eigenvalue weighted by atomic mass is 10.1. The van der Waals surface area contributed by atoms with E-state index in [-0.39, 0.29) is 0 Å². The predicted octanol–water partition coefficient (Wildman–Crippen LogP) is 3.23. The number of esters is 1. The zero-order valence-corrected chi connectivity index (χ0v) is 16.8. The number of nitrogens with one attached hydrogen (secondary N) is 1. The van der Waals surface area contributed by atoms with Crippen molar-refractivity contribution >= 4 is 11.8 Å². The highest BCUT2D eigenvalue weighted by molar-refractivity contribution is 5.94. The minimum absolute atomic E-state index is 0.311. The molecule has 1 aliphatic heterocycles. The number of benzene rings is 1. The maximum Gasteiger partial charge on any atom is 0.343 e. The van der Waals surface area contributed by atoms with Crippen LogP contribution in [0.4, 0.5) is 5.82 Å². The lowest BCUT2D eigenvalue weighted by Crippen LogP contribution is -2.27. The summed E-state index contributed by atoms with van der Waals surface area (Å²) >= 11 is 0. The van der Waals surface area contributed by atoms with E-state index >= 15 is 0 Å². The largest absolute Gasteiger partial charge is 0.497 e. The van der Waals surface area contributed by atoms with E-state index in [0.29, 0.717) is 29.9 Å². The van der Waals surface area contributed by atoms with Crippen molar-refractivity contribution in [2.75, 3.05) is 39.2 Å². The van der Waals surface area contributed by atoms with E-state index in [9.17, 15) is 4.79 Å². The first-order valence-corrected chi connectivity index (χ1v) is 9.75. The summed E-state index contributed by atoms with van der Waals surface area (Å²) in [6, 6.07) is 8.09. The van der Waals surface area contributed by atoms with Crippen molar-refractivity contribution in [2.45, 2.75) is 32.2 Å². The van der Waals surface area contributed by atoms with Crippen LogP contribution in [0.25, 0.3) is 11.4 Å². The van der Waals surface area contributed by atoms with Crippen LogP contribution in [0.1, 0.15) is 36.5 Å². The summed E-state index contributed by atoms with van der Waals surface area (Å²) in [6.45, 7) is 3.98. The van der Waals surface area contributed by atoms with Gasteiger partial charge >= 0.3 is 5.97 Å². The first-order chi connectivity index (χ1) is 13.6. The molecule has 2 heterocycles. The average molecular weight is 384 g/mol. The van der Waals surface area contributed by atoms with Crippen LogP contribution >= 0.6 is 0 Å². The van der Waals surface area contributed by atoms with Crippen LogP contribution in [0, 0.1) is 0 Å². The van der Waals surface area contributed by atoms with Crippen LogP contribution in [0.2, 0.25) is 0 Å². The van der Waals surface area contributed by atoms with Gasteiger partial charge in [-0.15, -0.1) is 0 Å². The molecule has 0 spiro atoms. The Bertz CT molecular complexity index is 795. The lowest BCUT2D eigenvalue weighted by Gasteiger charge is -2.20. The van der Waals surface area contributed by atoms with E-state index in [0.717, 1.165) is 30.8 Å². The Hall–Kier alpha value is -2.67. The van der Waals surface area contributed by atoms with Crippen molar-refractivity contribution < 1.29 is 14.3 Å². The van der Waals surface area contributed by atoms with Crippen LogP contribution in [0.5, 0.6) is 5.75 Å². The Morgan fingerprint density at radius 2 is 2.11 bits per heavy atom. The first kappa shape index (κ1) is 20.1. The molecule has 1 aromatic carbocycles. The molecular weight excluding hydrogens is 356 g/mol. The normalized spacial score (nSPS) is 16.8. The fourth-order valence-corrected chi connectivity index (χ4v) is 3.46. The molecule has 1 atom stereocenters. The molecule has 150 valence electrons. The summed E-state index contributed by atoms with van der Waals surface area (Å²) in [5.74, 6) is 1.42.